The van der Waals surface area contributed by atoms with E-state index in [2.05, 4.69) is 0 Å². The lowest BCUT2D eigenvalue weighted by atomic mass is 9.84. The predicted octanol–water partition coefficient (Wildman–Crippen LogP) is 4.06. The zero-order valence-corrected chi connectivity index (χ0v) is 11.4. The Morgan fingerprint density at radius 3 is 2.94 bits per heavy atom. The summed E-state index contributed by atoms with van der Waals surface area (Å²) in [6, 6.07) is 5.55. The normalized spacial score (nSPS) is 23.1. The molecule has 0 aromatic heterocycles. The van der Waals surface area contributed by atoms with Gasteiger partial charge in [-0.15, -0.1) is 0 Å². The van der Waals surface area contributed by atoms with E-state index in [9.17, 15) is 5.11 Å². The molecule has 1 N–H and O–H groups in total. The molecule has 0 bridgehead atoms. The third-order valence-corrected chi connectivity index (χ3v) is 3.50. The minimum absolute atomic E-state index is 0.563. The number of rotatable bonds is 4. The van der Waals surface area contributed by atoms with Crippen LogP contribution in [0.3, 0.4) is 0 Å². The van der Waals surface area contributed by atoms with Gasteiger partial charge in [0, 0.05) is 5.56 Å². The van der Waals surface area contributed by atoms with Gasteiger partial charge < -0.3 is 9.84 Å². The smallest absolute Gasteiger partial charge is 0.144 e. The Hall–Kier alpha value is -0.990. The predicted molar refractivity (Wildman–Crippen MR) is 74.1 cm³/mol. The quantitative estimate of drug-likeness (QED) is 0.833. The van der Waals surface area contributed by atoms with E-state index in [0.717, 1.165) is 24.8 Å². The fourth-order valence-electron chi connectivity index (χ4n) is 2.28. The van der Waals surface area contributed by atoms with E-state index in [1.54, 1.807) is 6.07 Å². The van der Waals surface area contributed by atoms with Gasteiger partial charge >= 0.3 is 0 Å². The first-order valence-corrected chi connectivity index (χ1v) is 6.87. The van der Waals surface area contributed by atoms with Gasteiger partial charge in [0.25, 0.3) is 0 Å². The Labute approximate surface area is 113 Å². The monoisotopic (exact) mass is 266 g/mol. The van der Waals surface area contributed by atoms with Gasteiger partial charge in [-0.3, -0.25) is 0 Å². The molecule has 2 rings (SSSR count). The largest absolute Gasteiger partial charge is 0.492 e. The third-order valence-electron chi connectivity index (χ3n) is 3.21. The number of hydrogen-bond donors (Lipinski definition) is 1. The van der Waals surface area contributed by atoms with E-state index in [1.165, 1.54) is 0 Å². The summed E-state index contributed by atoms with van der Waals surface area (Å²) >= 11 is 6.19. The standard InChI is InChI=1S/C15H19ClO2/c1-2-11-18-14-12(7-6-8-13(14)16)15(17)9-4-3-5-10-15/h4,6-9,17H,2-3,5,10-11H2,1H3. The van der Waals surface area contributed by atoms with Crippen LogP contribution in [0.15, 0.2) is 30.4 Å². The topological polar surface area (TPSA) is 29.5 Å². The Morgan fingerprint density at radius 2 is 2.28 bits per heavy atom. The van der Waals surface area contributed by atoms with Crippen molar-refractivity contribution in [3.05, 3.63) is 40.9 Å². The highest BCUT2D eigenvalue weighted by Crippen LogP contribution is 2.41. The van der Waals surface area contributed by atoms with E-state index in [4.69, 9.17) is 16.3 Å². The van der Waals surface area contributed by atoms with Crippen LogP contribution < -0.4 is 4.74 Å². The van der Waals surface area contributed by atoms with Gasteiger partial charge in [-0.1, -0.05) is 42.8 Å². The van der Waals surface area contributed by atoms with E-state index >= 15 is 0 Å². The van der Waals surface area contributed by atoms with Gasteiger partial charge in [0.1, 0.15) is 11.4 Å². The Kier molecular flexibility index (Phi) is 4.31. The minimum atomic E-state index is -0.938. The van der Waals surface area contributed by atoms with Crippen LogP contribution in [0.5, 0.6) is 5.75 Å². The molecule has 3 heteroatoms. The number of para-hydroxylation sites is 1. The molecular weight excluding hydrogens is 248 g/mol. The molecule has 98 valence electrons. The van der Waals surface area contributed by atoms with Crippen molar-refractivity contribution in [3.8, 4) is 5.75 Å². The Morgan fingerprint density at radius 1 is 1.44 bits per heavy atom. The molecule has 1 unspecified atom stereocenters. The number of ether oxygens (including phenoxy) is 1. The average Bonchev–Trinajstić information content (AvgIpc) is 2.38. The van der Waals surface area contributed by atoms with Crippen LogP contribution in [0.2, 0.25) is 5.02 Å². The first kappa shape index (κ1) is 13.4. The van der Waals surface area contributed by atoms with Crippen LogP contribution in [0, 0.1) is 0 Å². The molecule has 0 spiro atoms. The molecule has 0 saturated carbocycles. The molecule has 18 heavy (non-hydrogen) atoms. The van der Waals surface area contributed by atoms with Crippen LogP contribution >= 0.6 is 11.6 Å². The summed E-state index contributed by atoms with van der Waals surface area (Å²) in [7, 11) is 0. The zero-order valence-electron chi connectivity index (χ0n) is 10.7. The van der Waals surface area contributed by atoms with Gasteiger partial charge in [-0.05, 0) is 31.7 Å². The summed E-state index contributed by atoms with van der Waals surface area (Å²) in [4.78, 5) is 0. The third kappa shape index (κ3) is 2.70. The lowest BCUT2D eigenvalue weighted by Gasteiger charge is -2.30. The second-order valence-electron chi connectivity index (χ2n) is 4.68. The molecule has 1 atom stereocenters. The number of hydrogen-bond acceptors (Lipinski definition) is 2. The van der Waals surface area contributed by atoms with Gasteiger partial charge in [-0.25, -0.2) is 0 Å². The number of benzene rings is 1. The van der Waals surface area contributed by atoms with Gasteiger partial charge in [0.15, 0.2) is 0 Å². The summed E-state index contributed by atoms with van der Waals surface area (Å²) in [6.45, 7) is 2.66. The number of allylic oxidation sites excluding steroid dienone is 1. The molecule has 1 aromatic carbocycles. The summed E-state index contributed by atoms with van der Waals surface area (Å²) in [5.41, 5.74) is -0.161. The van der Waals surface area contributed by atoms with E-state index < -0.39 is 5.60 Å². The minimum Gasteiger partial charge on any atom is -0.492 e. The highest BCUT2D eigenvalue weighted by molar-refractivity contribution is 6.32. The Bertz CT molecular complexity index is 442. The van der Waals surface area contributed by atoms with E-state index in [-0.39, 0.29) is 0 Å². The lowest BCUT2D eigenvalue weighted by Crippen LogP contribution is -2.25. The molecule has 2 nitrogen and oxygen atoms in total. The van der Waals surface area contributed by atoms with Crippen LogP contribution in [0.25, 0.3) is 0 Å². The van der Waals surface area contributed by atoms with Crippen molar-refractivity contribution in [2.45, 2.75) is 38.2 Å². The van der Waals surface area contributed by atoms with Gasteiger partial charge in [0.05, 0.1) is 11.6 Å². The molecule has 1 aliphatic rings. The van der Waals surface area contributed by atoms with Crippen LogP contribution in [-0.2, 0) is 5.60 Å². The molecule has 0 aliphatic heterocycles. The molecule has 0 heterocycles. The highest BCUT2D eigenvalue weighted by atomic mass is 35.5. The molecule has 0 radical (unpaired) electrons. The van der Waals surface area contributed by atoms with Crippen molar-refractivity contribution in [2.24, 2.45) is 0 Å². The SMILES string of the molecule is CCCOc1c(Cl)cccc1C1(O)C=CCCC1. The first-order chi connectivity index (χ1) is 8.67. The van der Waals surface area contributed by atoms with Crippen LogP contribution in [0.4, 0.5) is 0 Å². The molecule has 1 aromatic rings. The number of aliphatic hydroxyl groups is 1. The second-order valence-corrected chi connectivity index (χ2v) is 5.09. The maximum Gasteiger partial charge on any atom is 0.144 e. The van der Waals surface area contributed by atoms with E-state index in [1.807, 2.05) is 31.2 Å². The summed E-state index contributed by atoms with van der Waals surface area (Å²) in [5, 5.41) is 11.3. The summed E-state index contributed by atoms with van der Waals surface area (Å²) < 4.78 is 5.71. The highest BCUT2D eigenvalue weighted by Gasteiger charge is 2.31. The van der Waals surface area contributed by atoms with Crippen molar-refractivity contribution in [3.63, 3.8) is 0 Å². The maximum atomic E-state index is 10.7. The van der Waals surface area contributed by atoms with Crippen molar-refractivity contribution in [1.29, 1.82) is 0 Å². The molecule has 0 fully saturated rings. The lowest BCUT2D eigenvalue weighted by molar-refractivity contribution is 0.0690. The fraction of sp³-hybridized carbons (Fsp3) is 0.467. The van der Waals surface area contributed by atoms with Crippen molar-refractivity contribution in [2.75, 3.05) is 6.61 Å². The Balaban J connectivity index is 2.39. The van der Waals surface area contributed by atoms with Crippen LogP contribution in [0.1, 0.15) is 38.2 Å². The maximum absolute atomic E-state index is 10.7. The average molecular weight is 267 g/mol. The molecule has 0 saturated heterocycles. The summed E-state index contributed by atoms with van der Waals surface area (Å²) in [6.07, 6.45) is 7.51. The zero-order chi connectivity index (χ0) is 13.0. The van der Waals surface area contributed by atoms with Crippen molar-refractivity contribution >= 4 is 11.6 Å². The van der Waals surface area contributed by atoms with Crippen molar-refractivity contribution in [1.82, 2.24) is 0 Å². The van der Waals surface area contributed by atoms with Gasteiger partial charge in [0.2, 0.25) is 0 Å². The molecular formula is C15H19ClO2. The van der Waals surface area contributed by atoms with Crippen molar-refractivity contribution < 1.29 is 9.84 Å². The van der Waals surface area contributed by atoms with Gasteiger partial charge in [-0.2, -0.15) is 0 Å². The molecule has 0 amide bonds. The summed E-state index contributed by atoms with van der Waals surface area (Å²) in [5.74, 6) is 0.620. The second kappa shape index (κ2) is 5.77. The van der Waals surface area contributed by atoms with Crippen LogP contribution in [-0.4, -0.2) is 11.7 Å². The molecule has 1 aliphatic carbocycles. The fourth-order valence-corrected chi connectivity index (χ4v) is 2.51. The number of halogens is 1. The van der Waals surface area contributed by atoms with E-state index in [0.29, 0.717) is 23.8 Å². The first-order valence-electron chi connectivity index (χ1n) is 6.49.